The highest BCUT2D eigenvalue weighted by atomic mass is 32.2. The summed E-state index contributed by atoms with van der Waals surface area (Å²) in [4.78, 5) is 10.9. The van der Waals surface area contributed by atoms with Crippen molar-refractivity contribution in [3.05, 3.63) is 0 Å². The Hall–Kier alpha value is -0.740. The standard InChI is InChI=1S/C8H16N2O6S/c1-16-3-2-9-17(14,15)10-5-6(11)4-7(10)8(12)13/h6-7,9,11H,2-5H2,1H3,(H,12,13)/t6?,7-/m0/s1. The van der Waals surface area contributed by atoms with Crippen molar-refractivity contribution in [3.63, 3.8) is 0 Å². The molecule has 1 aliphatic heterocycles. The van der Waals surface area contributed by atoms with Gasteiger partial charge in [-0.05, 0) is 0 Å². The van der Waals surface area contributed by atoms with Gasteiger partial charge in [-0.1, -0.05) is 0 Å². The van der Waals surface area contributed by atoms with Gasteiger partial charge in [0.25, 0.3) is 10.2 Å². The van der Waals surface area contributed by atoms with E-state index < -0.39 is 28.3 Å². The Labute approximate surface area is 99.4 Å². The minimum atomic E-state index is -3.90. The number of aliphatic hydroxyl groups is 1. The summed E-state index contributed by atoms with van der Waals surface area (Å²) < 4.78 is 31.2. The van der Waals surface area contributed by atoms with Crippen LogP contribution in [-0.2, 0) is 19.7 Å². The molecule has 1 unspecified atom stereocenters. The second kappa shape index (κ2) is 5.74. The van der Waals surface area contributed by atoms with Gasteiger partial charge in [-0.2, -0.15) is 17.4 Å². The number of nitrogens with one attached hydrogen (secondary N) is 1. The predicted octanol–water partition coefficient (Wildman–Crippen LogP) is -2.01. The van der Waals surface area contributed by atoms with Crippen LogP contribution in [0.1, 0.15) is 6.42 Å². The molecule has 0 bridgehead atoms. The van der Waals surface area contributed by atoms with E-state index in [0.717, 1.165) is 4.31 Å². The number of hydrogen-bond acceptors (Lipinski definition) is 5. The number of nitrogens with zero attached hydrogens (tertiary/aromatic N) is 1. The third-order valence-electron chi connectivity index (χ3n) is 2.42. The number of ether oxygens (including phenoxy) is 1. The number of hydrogen-bond donors (Lipinski definition) is 3. The molecular weight excluding hydrogens is 252 g/mol. The smallest absolute Gasteiger partial charge is 0.322 e. The third kappa shape index (κ3) is 3.61. The molecule has 9 heteroatoms. The first-order valence-electron chi connectivity index (χ1n) is 5.04. The van der Waals surface area contributed by atoms with Crippen molar-refractivity contribution in [1.29, 1.82) is 0 Å². The molecule has 0 aromatic rings. The van der Waals surface area contributed by atoms with Gasteiger partial charge >= 0.3 is 5.97 Å². The zero-order valence-electron chi connectivity index (χ0n) is 9.37. The van der Waals surface area contributed by atoms with Gasteiger partial charge in [-0.25, -0.2) is 0 Å². The molecule has 0 saturated carbocycles. The average molecular weight is 268 g/mol. The Morgan fingerprint density at radius 3 is 2.76 bits per heavy atom. The topological polar surface area (TPSA) is 116 Å². The Bertz CT molecular complexity index is 370. The molecule has 3 N–H and O–H groups in total. The van der Waals surface area contributed by atoms with E-state index in [0.29, 0.717) is 0 Å². The molecule has 0 spiro atoms. The van der Waals surface area contributed by atoms with Crippen LogP contribution < -0.4 is 4.72 Å². The van der Waals surface area contributed by atoms with E-state index in [1.807, 2.05) is 0 Å². The van der Waals surface area contributed by atoms with Gasteiger partial charge in [0.1, 0.15) is 6.04 Å². The monoisotopic (exact) mass is 268 g/mol. The van der Waals surface area contributed by atoms with E-state index in [2.05, 4.69) is 9.46 Å². The molecular formula is C8H16N2O6S. The molecule has 0 radical (unpaired) electrons. The van der Waals surface area contributed by atoms with Crippen molar-refractivity contribution in [1.82, 2.24) is 9.03 Å². The lowest BCUT2D eigenvalue weighted by Gasteiger charge is -2.20. The maximum Gasteiger partial charge on any atom is 0.322 e. The first-order chi connectivity index (χ1) is 7.88. The molecule has 100 valence electrons. The molecule has 2 atom stereocenters. The maximum absolute atomic E-state index is 11.8. The van der Waals surface area contributed by atoms with Gasteiger partial charge in [-0.3, -0.25) is 4.79 Å². The summed E-state index contributed by atoms with van der Waals surface area (Å²) in [5.41, 5.74) is 0. The molecule has 0 aliphatic carbocycles. The van der Waals surface area contributed by atoms with Crippen LogP contribution in [-0.4, -0.2) is 67.9 Å². The predicted molar refractivity (Wildman–Crippen MR) is 57.6 cm³/mol. The molecule has 17 heavy (non-hydrogen) atoms. The number of β-amino-alcohol motifs (C(OH)–C–C–N with tert-alkyl or cyclic N) is 1. The summed E-state index contributed by atoms with van der Waals surface area (Å²) in [7, 11) is -2.47. The Kier molecular flexibility index (Phi) is 4.83. The number of methoxy groups -OCH3 is 1. The van der Waals surface area contributed by atoms with E-state index in [1.54, 1.807) is 0 Å². The van der Waals surface area contributed by atoms with Crippen LogP contribution in [0.15, 0.2) is 0 Å². The summed E-state index contributed by atoms with van der Waals surface area (Å²) in [6, 6.07) is -1.22. The van der Waals surface area contributed by atoms with E-state index in [1.165, 1.54) is 7.11 Å². The van der Waals surface area contributed by atoms with E-state index in [4.69, 9.17) is 5.11 Å². The molecule has 8 nitrogen and oxygen atoms in total. The molecule has 1 saturated heterocycles. The Morgan fingerprint density at radius 1 is 1.59 bits per heavy atom. The van der Waals surface area contributed by atoms with Crippen LogP contribution in [0.2, 0.25) is 0 Å². The minimum absolute atomic E-state index is 0.0533. The van der Waals surface area contributed by atoms with Gasteiger partial charge in [0.2, 0.25) is 0 Å². The van der Waals surface area contributed by atoms with Crippen LogP contribution in [0.5, 0.6) is 0 Å². The molecule has 0 aromatic carbocycles. The third-order valence-corrected chi connectivity index (χ3v) is 4.01. The summed E-state index contributed by atoms with van der Waals surface area (Å²) in [6.45, 7) is 0.0322. The number of aliphatic hydroxyl groups excluding tert-OH is 1. The molecule has 1 aliphatic rings. The van der Waals surface area contributed by atoms with Crippen LogP contribution in [0.4, 0.5) is 0 Å². The van der Waals surface area contributed by atoms with Crippen LogP contribution in [0, 0.1) is 0 Å². The number of carbonyl (C=O) groups is 1. The fourth-order valence-corrected chi connectivity index (χ4v) is 3.02. The van der Waals surface area contributed by atoms with Crippen LogP contribution in [0.25, 0.3) is 0 Å². The number of rotatable bonds is 6. The normalized spacial score (nSPS) is 26.2. The molecule has 1 rings (SSSR count). The summed E-state index contributed by atoms with van der Waals surface area (Å²) >= 11 is 0. The largest absolute Gasteiger partial charge is 0.480 e. The van der Waals surface area contributed by atoms with Crippen molar-refractivity contribution in [3.8, 4) is 0 Å². The van der Waals surface area contributed by atoms with Crippen LogP contribution >= 0.6 is 0 Å². The van der Waals surface area contributed by atoms with Crippen molar-refractivity contribution in [2.75, 3.05) is 26.8 Å². The number of carboxylic acid groups (broad SMARTS) is 1. The highest BCUT2D eigenvalue weighted by Crippen LogP contribution is 2.20. The van der Waals surface area contributed by atoms with Gasteiger partial charge in [0.15, 0.2) is 0 Å². The summed E-state index contributed by atoms with van der Waals surface area (Å²) in [6.07, 6.45) is -1.05. The van der Waals surface area contributed by atoms with Crippen molar-refractivity contribution >= 4 is 16.2 Å². The second-order valence-electron chi connectivity index (χ2n) is 3.71. The SMILES string of the molecule is COCCNS(=O)(=O)N1CC(O)C[C@H]1C(=O)O. The number of carboxylic acids is 1. The van der Waals surface area contributed by atoms with Crippen LogP contribution in [0.3, 0.4) is 0 Å². The highest BCUT2D eigenvalue weighted by Gasteiger charge is 2.42. The van der Waals surface area contributed by atoms with Gasteiger partial charge in [-0.15, -0.1) is 0 Å². The zero-order chi connectivity index (χ0) is 13.1. The minimum Gasteiger partial charge on any atom is -0.480 e. The maximum atomic E-state index is 11.8. The van der Waals surface area contributed by atoms with Crippen molar-refractivity contribution in [2.24, 2.45) is 0 Å². The van der Waals surface area contributed by atoms with Gasteiger partial charge in [0, 0.05) is 26.6 Å². The van der Waals surface area contributed by atoms with Gasteiger partial charge in [0.05, 0.1) is 12.7 Å². The zero-order valence-corrected chi connectivity index (χ0v) is 10.2. The summed E-state index contributed by atoms with van der Waals surface area (Å²) in [5.74, 6) is -1.27. The summed E-state index contributed by atoms with van der Waals surface area (Å²) in [5, 5.41) is 18.2. The first-order valence-corrected chi connectivity index (χ1v) is 6.48. The molecule has 1 heterocycles. The van der Waals surface area contributed by atoms with Crippen molar-refractivity contribution in [2.45, 2.75) is 18.6 Å². The van der Waals surface area contributed by atoms with E-state index >= 15 is 0 Å². The van der Waals surface area contributed by atoms with E-state index in [9.17, 15) is 18.3 Å². The highest BCUT2D eigenvalue weighted by molar-refractivity contribution is 7.87. The quantitative estimate of drug-likeness (QED) is 0.479. The van der Waals surface area contributed by atoms with E-state index in [-0.39, 0.29) is 26.1 Å². The van der Waals surface area contributed by atoms with Crippen molar-refractivity contribution < 1.29 is 28.2 Å². The Morgan fingerprint density at radius 2 is 2.24 bits per heavy atom. The lowest BCUT2D eigenvalue weighted by Crippen LogP contribution is -2.47. The molecule has 0 amide bonds. The fourth-order valence-electron chi connectivity index (χ4n) is 1.63. The number of aliphatic carboxylic acids is 1. The Balaban J connectivity index is 2.72. The lowest BCUT2D eigenvalue weighted by atomic mass is 10.2. The second-order valence-corrected chi connectivity index (χ2v) is 5.41. The molecule has 1 fully saturated rings. The lowest BCUT2D eigenvalue weighted by molar-refractivity contribution is -0.140. The first kappa shape index (κ1) is 14.3. The molecule has 0 aromatic heterocycles. The average Bonchev–Trinajstić information content (AvgIpc) is 2.61. The van der Waals surface area contributed by atoms with Gasteiger partial charge < -0.3 is 14.9 Å². The fraction of sp³-hybridized carbons (Fsp3) is 0.875.